The van der Waals surface area contributed by atoms with Crippen LogP contribution < -0.4 is 10.2 Å². The summed E-state index contributed by atoms with van der Waals surface area (Å²) in [6.45, 7) is 1.13. The van der Waals surface area contributed by atoms with E-state index in [0.29, 0.717) is 41.3 Å². The van der Waals surface area contributed by atoms with Gasteiger partial charge in [0, 0.05) is 24.3 Å². The minimum Gasteiger partial charge on any atom is -0.423 e. The summed E-state index contributed by atoms with van der Waals surface area (Å²) in [5, 5.41) is 12.7. The van der Waals surface area contributed by atoms with Crippen molar-refractivity contribution in [3.63, 3.8) is 0 Å². The summed E-state index contributed by atoms with van der Waals surface area (Å²) < 4.78 is 20.1. The van der Waals surface area contributed by atoms with Crippen LogP contribution in [0.3, 0.4) is 0 Å². The molecule has 2 saturated carbocycles. The number of hydrogen-bond acceptors (Lipinski definition) is 5. The van der Waals surface area contributed by atoms with Crippen LogP contribution in [0.2, 0.25) is 0 Å². The van der Waals surface area contributed by atoms with E-state index in [1.54, 1.807) is 18.3 Å². The Morgan fingerprint density at radius 3 is 2.69 bits per heavy atom. The number of benzene rings is 2. The predicted octanol–water partition coefficient (Wildman–Crippen LogP) is 6.63. The van der Waals surface area contributed by atoms with Gasteiger partial charge in [-0.1, -0.05) is 25.0 Å². The summed E-state index contributed by atoms with van der Waals surface area (Å²) in [6.07, 6.45) is 10.2. The molecule has 0 unspecified atom stereocenters. The molecule has 6 heteroatoms. The Balaban J connectivity index is 1.14. The topological polar surface area (TPSA) is 65.1 Å². The van der Waals surface area contributed by atoms with Gasteiger partial charge in [-0.15, -0.1) is 0 Å². The number of oxazole rings is 1. The van der Waals surface area contributed by atoms with Crippen molar-refractivity contribution in [3.8, 4) is 17.4 Å². The molecule has 180 valence electrons. The van der Waals surface area contributed by atoms with Crippen LogP contribution in [0.5, 0.6) is 0 Å². The fourth-order valence-corrected chi connectivity index (χ4v) is 6.79. The molecule has 3 aromatic rings. The van der Waals surface area contributed by atoms with Crippen LogP contribution in [-0.4, -0.2) is 23.6 Å². The Morgan fingerprint density at radius 1 is 1.06 bits per heavy atom. The van der Waals surface area contributed by atoms with Gasteiger partial charge in [-0.3, -0.25) is 0 Å². The highest BCUT2D eigenvalue weighted by Crippen LogP contribution is 2.48. The second-order valence-corrected chi connectivity index (χ2v) is 10.5. The van der Waals surface area contributed by atoms with Crippen LogP contribution in [0.25, 0.3) is 11.3 Å². The maximum absolute atomic E-state index is 14.2. The molecule has 1 N–H and O–H groups in total. The summed E-state index contributed by atoms with van der Waals surface area (Å²) in [5.74, 6) is 2.21. The Hall–Kier alpha value is -3.33. The average Bonchev–Trinajstić information content (AvgIpc) is 3.62. The molecule has 0 spiro atoms. The quantitative estimate of drug-likeness (QED) is 0.438. The van der Waals surface area contributed by atoms with Crippen LogP contribution >= 0.6 is 0 Å². The number of nitrogens with one attached hydrogen (secondary N) is 1. The van der Waals surface area contributed by atoms with Crippen LogP contribution in [0.4, 0.5) is 16.1 Å². The number of piperidine rings is 1. The molecule has 6 rings (SSSR count). The van der Waals surface area contributed by atoms with Crippen molar-refractivity contribution in [3.05, 3.63) is 66.1 Å². The molecule has 2 aliphatic carbocycles. The zero-order chi connectivity index (χ0) is 23.8. The third-order valence-electron chi connectivity index (χ3n) is 8.41. The minimum absolute atomic E-state index is 0.297. The first-order chi connectivity index (χ1) is 17.2. The molecule has 3 aliphatic rings. The van der Waals surface area contributed by atoms with E-state index in [0.717, 1.165) is 24.4 Å². The van der Waals surface area contributed by atoms with Gasteiger partial charge in [0.2, 0.25) is 0 Å². The number of hydrogen-bond donors (Lipinski definition) is 1. The van der Waals surface area contributed by atoms with E-state index in [2.05, 4.69) is 33.4 Å². The average molecular weight is 471 g/mol. The fourth-order valence-electron chi connectivity index (χ4n) is 6.79. The first kappa shape index (κ1) is 22.2. The van der Waals surface area contributed by atoms with Crippen molar-refractivity contribution < 1.29 is 8.81 Å². The lowest BCUT2D eigenvalue weighted by molar-refractivity contribution is 0.241. The molecule has 0 amide bonds. The molecule has 3 fully saturated rings. The molecule has 2 aromatic carbocycles. The molecular weight excluding hydrogens is 439 g/mol. The van der Waals surface area contributed by atoms with E-state index in [-0.39, 0.29) is 5.82 Å². The molecular formula is C29H31FN4O. The molecule has 5 nitrogen and oxygen atoms in total. The maximum atomic E-state index is 14.2. The van der Waals surface area contributed by atoms with Gasteiger partial charge < -0.3 is 14.6 Å². The van der Waals surface area contributed by atoms with Gasteiger partial charge in [0.25, 0.3) is 6.01 Å². The SMILES string of the molecule is N#Cc1ccc(N2C[C@@H]3C[C@H](C[C@@H]4CCCC[C@H]4Nc4ncc(-c5ccccc5F)o4)[C@H]2C3)cc1. The van der Waals surface area contributed by atoms with Gasteiger partial charge >= 0.3 is 0 Å². The molecule has 1 aromatic heterocycles. The fraction of sp³-hybridized carbons (Fsp3) is 0.448. The Kier molecular flexibility index (Phi) is 5.93. The summed E-state index contributed by atoms with van der Waals surface area (Å²) in [5.41, 5.74) is 2.41. The molecule has 0 radical (unpaired) electrons. The van der Waals surface area contributed by atoms with Crippen molar-refractivity contribution in [2.24, 2.45) is 17.8 Å². The molecule has 1 saturated heterocycles. The smallest absolute Gasteiger partial charge is 0.295 e. The lowest BCUT2D eigenvalue weighted by atomic mass is 9.77. The lowest BCUT2D eigenvalue weighted by Crippen LogP contribution is -2.41. The summed E-state index contributed by atoms with van der Waals surface area (Å²) in [4.78, 5) is 7.01. The molecule has 2 bridgehead atoms. The first-order valence-corrected chi connectivity index (χ1v) is 12.9. The third kappa shape index (κ3) is 4.40. The minimum atomic E-state index is -0.297. The van der Waals surface area contributed by atoms with Crippen molar-refractivity contribution in [1.82, 2.24) is 4.98 Å². The number of fused-ring (bicyclic) bond motifs is 2. The number of nitrogens with zero attached hydrogens (tertiary/aromatic N) is 3. The zero-order valence-corrected chi connectivity index (χ0v) is 19.9. The van der Waals surface area contributed by atoms with E-state index in [1.807, 2.05) is 18.2 Å². The van der Waals surface area contributed by atoms with E-state index in [4.69, 9.17) is 9.68 Å². The highest BCUT2D eigenvalue weighted by Gasteiger charge is 2.46. The van der Waals surface area contributed by atoms with Gasteiger partial charge in [-0.2, -0.15) is 5.26 Å². The number of rotatable bonds is 6. The molecule has 2 heterocycles. The van der Waals surface area contributed by atoms with Crippen LogP contribution in [0, 0.1) is 34.9 Å². The maximum Gasteiger partial charge on any atom is 0.295 e. The van der Waals surface area contributed by atoms with Gasteiger partial charge in [0.05, 0.1) is 23.4 Å². The van der Waals surface area contributed by atoms with Crippen molar-refractivity contribution in [2.45, 2.75) is 57.0 Å². The summed E-state index contributed by atoms with van der Waals surface area (Å²) in [7, 11) is 0. The van der Waals surface area contributed by atoms with Crippen molar-refractivity contribution in [2.75, 3.05) is 16.8 Å². The first-order valence-electron chi connectivity index (χ1n) is 12.9. The largest absolute Gasteiger partial charge is 0.423 e. The number of nitriles is 1. The van der Waals surface area contributed by atoms with Crippen LogP contribution in [-0.2, 0) is 0 Å². The van der Waals surface area contributed by atoms with E-state index >= 15 is 0 Å². The summed E-state index contributed by atoms with van der Waals surface area (Å²) in [6, 6.07) is 18.4. The van der Waals surface area contributed by atoms with E-state index < -0.39 is 0 Å². The predicted molar refractivity (Wildman–Crippen MR) is 134 cm³/mol. The van der Waals surface area contributed by atoms with Crippen LogP contribution in [0.1, 0.15) is 50.5 Å². The normalized spacial score (nSPS) is 27.7. The Labute approximate surface area is 206 Å². The highest BCUT2D eigenvalue weighted by atomic mass is 19.1. The third-order valence-corrected chi connectivity index (χ3v) is 8.41. The monoisotopic (exact) mass is 470 g/mol. The molecule has 35 heavy (non-hydrogen) atoms. The standard InChI is InChI=1S/C29H31FN4O/c30-25-7-3-2-6-24(25)28-17-32-29(35-28)33-26-8-4-1-5-21(26)15-22-13-20-14-27(22)34(18-20)23-11-9-19(16-31)10-12-23/h2-3,6-7,9-12,17,20-22,26-27H,1,4-5,8,13-15,18H2,(H,32,33)/t20-,21+,22-,26-,27-/m1/s1. The number of halogens is 1. The molecule has 5 atom stereocenters. The lowest BCUT2D eigenvalue weighted by Gasteiger charge is -2.39. The Bertz CT molecular complexity index is 1220. The second-order valence-electron chi connectivity index (χ2n) is 10.5. The second kappa shape index (κ2) is 9.37. The van der Waals surface area contributed by atoms with E-state index in [1.165, 1.54) is 50.3 Å². The van der Waals surface area contributed by atoms with Crippen LogP contribution in [0.15, 0.2) is 59.1 Å². The van der Waals surface area contributed by atoms with Crippen molar-refractivity contribution in [1.29, 1.82) is 5.26 Å². The highest BCUT2D eigenvalue weighted by molar-refractivity contribution is 5.58. The van der Waals surface area contributed by atoms with Gasteiger partial charge in [-0.05, 0) is 86.3 Å². The Morgan fingerprint density at radius 2 is 1.89 bits per heavy atom. The van der Waals surface area contributed by atoms with Gasteiger partial charge in [-0.25, -0.2) is 9.37 Å². The van der Waals surface area contributed by atoms with Crippen molar-refractivity contribution >= 4 is 11.7 Å². The number of anilines is 2. The van der Waals surface area contributed by atoms with Gasteiger partial charge in [0.15, 0.2) is 5.76 Å². The van der Waals surface area contributed by atoms with E-state index in [9.17, 15) is 4.39 Å². The number of aromatic nitrogens is 1. The summed E-state index contributed by atoms with van der Waals surface area (Å²) >= 11 is 0. The zero-order valence-electron chi connectivity index (χ0n) is 19.9. The van der Waals surface area contributed by atoms with Gasteiger partial charge in [0.1, 0.15) is 5.82 Å². The molecule has 1 aliphatic heterocycles.